The molecule has 0 unspecified atom stereocenters. The highest BCUT2D eigenvalue weighted by Gasteiger charge is 2.19. The van der Waals surface area contributed by atoms with Crippen molar-refractivity contribution < 1.29 is 0 Å². The second-order valence-corrected chi connectivity index (χ2v) is 6.57. The van der Waals surface area contributed by atoms with E-state index in [0.29, 0.717) is 0 Å². The Morgan fingerprint density at radius 1 is 1.10 bits per heavy atom. The summed E-state index contributed by atoms with van der Waals surface area (Å²) in [5, 5.41) is 3.57. The molecule has 2 aromatic carbocycles. The van der Waals surface area contributed by atoms with Gasteiger partial charge in [-0.25, -0.2) is 0 Å². The number of benzene rings is 2. The third-order valence-electron chi connectivity index (χ3n) is 3.73. The molecule has 3 rings (SSSR count). The van der Waals surface area contributed by atoms with Crippen LogP contribution >= 0.6 is 11.8 Å². The molecule has 20 heavy (non-hydrogen) atoms. The van der Waals surface area contributed by atoms with Crippen LogP contribution in [0.5, 0.6) is 0 Å². The molecule has 0 spiro atoms. The molecule has 1 saturated carbocycles. The summed E-state index contributed by atoms with van der Waals surface area (Å²) in [4.78, 5) is 1.36. The van der Waals surface area contributed by atoms with Crippen molar-refractivity contribution in [3.05, 3.63) is 65.2 Å². The van der Waals surface area contributed by atoms with Gasteiger partial charge in [0.2, 0.25) is 0 Å². The molecule has 0 amide bonds. The Kier molecular flexibility index (Phi) is 4.44. The minimum Gasteiger partial charge on any atom is -0.310 e. The highest BCUT2D eigenvalue weighted by molar-refractivity contribution is 7.98. The van der Waals surface area contributed by atoms with Crippen molar-refractivity contribution in [3.8, 4) is 0 Å². The summed E-state index contributed by atoms with van der Waals surface area (Å²) in [5.41, 5.74) is 4.21. The molecule has 1 fully saturated rings. The molecule has 1 nitrogen and oxygen atoms in total. The smallest absolute Gasteiger partial charge is 0.0234 e. The van der Waals surface area contributed by atoms with Crippen molar-refractivity contribution in [2.24, 2.45) is 0 Å². The number of hydrogen-bond acceptors (Lipinski definition) is 2. The summed E-state index contributed by atoms with van der Waals surface area (Å²) in [7, 11) is 0. The molecule has 104 valence electrons. The van der Waals surface area contributed by atoms with Gasteiger partial charge in [-0.2, -0.15) is 0 Å². The predicted octanol–water partition coefficient (Wildman–Crippen LogP) is 4.54. The Balaban J connectivity index is 1.59. The number of thioether (sulfide) groups is 1. The molecular weight excluding hydrogens is 262 g/mol. The van der Waals surface area contributed by atoms with Crippen molar-refractivity contribution >= 4 is 11.8 Å². The quantitative estimate of drug-likeness (QED) is 0.781. The standard InChI is InChI=1S/C18H21NS/c1-14-5-2-3-7-16(14)13-20-18-8-4-6-15(11-18)12-19-17-9-10-17/h2-8,11,17,19H,9-10,12-13H2,1H3. The van der Waals surface area contributed by atoms with Gasteiger partial charge < -0.3 is 5.32 Å². The minimum atomic E-state index is 0.776. The molecule has 0 atom stereocenters. The molecular formula is C18H21NS. The van der Waals surface area contributed by atoms with Crippen molar-refractivity contribution in [1.29, 1.82) is 0 Å². The van der Waals surface area contributed by atoms with E-state index < -0.39 is 0 Å². The lowest BCUT2D eigenvalue weighted by Gasteiger charge is -2.08. The SMILES string of the molecule is Cc1ccccc1CSc1cccc(CNC2CC2)c1. The first-order chi connectivity index (χ1) is 9.81. The first-order valence-electron chi connectivity index (χ1n) is 7.31. The van der Waals surface area contributed by atoms with E-state index in [1.807, 2.05) is 11.8 Å². The maximum Gasteiger partial charge on any atom is 0.0234 e. The molecule has 0 saturated heterocycles. The van der Waals surface area contributed by atoms with Gasteiger partial charge in [-0.15, -0.1) is 11.8 Å². The fourth-order valence-electron chi connectivity index (χ4n) is 2.23. The normalized spacial score (nSPS) is 14.4. The van der Waals surface area contributed by atoms with Gasteiger partial charge in [-0.05, 0) is 48.6 Å². The topological polar surface area (TPSA) is 12.0 Å². The number of hydrogen-bond donors (Lipinski definition) is 1. The molecule has 0 bridgehead atoms. The zero-order valence-corrected chi connectivity index (χ0v) is 12.7. The van der Waals surface area contributed by atoms with Gasteiger partial charge in [-0.1, -0.05) is 36.4 Å². The van der Waals surface area contributed by atoms with Crippen LogP contribution in [0.2, 0.25) is 0 Å². The van der Waals surface area contributed by atoms with Gasteiger partial charge in [0, 0.05) is 23.2 Å². The van der Waals surface area contributed by atoms with Crippen molar-refractivity contribution in [2.75, 3.05) is 0 Å². The Morgan fingerprint density at radius 2 is 1.95 bits per heavy atom. The van der Waals surface area contributed by atoms with E-state index in [4.69, 9.17) is 0 Å². The molecule has 0 aromatic heterocycles. The Morgan fingerprint density at radius 3 is 2.75 bits per heavy atom. The average Bonchev–Trinajstić information content (AvgIpc) is 3.29. The second-order valence-electron chi connectivity index (χ2n) is 5.52. The molecule has 0 radical (unpaired) electrons. The van der Waals surface area contributed by atoms with Crippen LogP contribution in [0.25, 0.3) is 0 Å². The largest absolute Gasteiger partial charge is 0.310 e. The Labute approximate surface area is 125 Å². The predicted molar refractivity (Wildman–Crippen MR) is 87.0 cm³/mol. The second kappa shape index (κ2) is 6.47. The third-order valence-corrected chi connectivity index (χ3v) is 4.77. The monoisotopic (exact) mass is 283 g/mol. The lowest BCUT2D eigenvalue weighted by molar-refractivity contribution is 0.687. The summed E-state index contributed by atoms with van der Waals surface area (Å²) in [6.07, 6.45) is 2.70. The van der Waals surface area contributed by atoms with E-state index >= 15 is 0 Å². The summed E-state index contributed by atoms with van der Waals surface area (Å²) in [6.45, 7) is 3.19. The van der Waals surface area contributed by atoms with Gasteiger partial charge >= 0.3 is 0 Å². The van der Waals surface area contributed by atoms with Gasteiger partial charge in [0.25, 0.3) is 0 Å². The van der Waals surface area contributed by atoms with Crippen LogP contribution in [0.3, 0.4) is 0 Å². The summed E-state index contributed by atoms with van der Waals surface area (Å²) < 4.78 is 0. The number of nitrogens with one attached hydrogen (secondary N) is 1. The third kappa shape index (κ3) is 3.87. The maximum absolute atomic E-state index is 3.57. The summed E-state index contributed by atoms with van der Waals surface area (Å²) in [6, 6.07) is 18.3. The lowest BCUT2D eigenvalue weighted by atomic mass is 10.1. The van der Waals surface area contributed by atoms with Gasteiger partial charge in [-0.3, -0.25) is 0 Å². The summed E-state index contributed by atoms with van der Waals surface area (Å²) >= 11 is 1.92. The fraction of sp³-hybridized carbons (Fsp3) is 0.333. The van der Waals surface area contributed by atoms with Crippen molar-refractivity contribution in [2.45, 2.75) is 43.0 Å². The van der Waals surface area contributed by atoms with Crippen LogP contribution in [0, 0.1) is 6.92 Å². The zero-order valence-electron chi connectivity index (χ0n) is 11.9. The van der Waals surface area contributed by atoms with E-state index in [1.165, 1.54) is 34.4 Å². The highest BCUT2D eigenvalue weighted by atomic mass is 32.2. The van der Waals surface area contributed by atoms with E-state index in [2.05, 4.69) is 60.8 Å². The van der Waals surface area contributed by atoms with Crippen LogP contribution in [0.4, 0.5) is 0 Å². The average molecular weight is 283 g/mol. The number of aryl methyl sites for hydroxylation is 1. The molecule has 0 aliphatic heterocycles. The van der Waals surface area contributed by atoms with E-state index in [0.717, 1.165) is 18.3 Å². The summed E-state index contributed by atoms with van der Waals surface area (Å²) in [5.74, 6) is 1.05. The lowest BCUT2D eigenvalue weighted by Crippen LogP contribution is -2.15. The molecule has 2 heteroatoms. The van der Waals surface area contributed by atoms with E-state index in [1.54, 1.807) is 0 Å². The van der Waals surface area contributed by atoms with Gasteiger partial charge in [0.1, 0.15) is 0 Å². The van der Waals surface area contributed by atoms with Crippen LogP contribution in [-0.2, 0) is 12.3 Å². The van der Waals surface area contributed by atoms with Crippen LogP contribution in [0.15, 0.2) is 53.4 Å². The highest BCUT2D eigenvalue weighted by Crippen LogP contribution is 2.25. The molecule has 2 aromatic rings. The first-order valence-corrected chi connectivity index (χ1v) is 8.29. The molecule has 1 aliphatic carbocycles. The molecule has 1 aliphatic rings. The molecule has 0 heterocycles. The van der Waals surface area contributed by atoms with Gasteiger partial charge in [0.05, 0.1) is 0 Å². The first kappa shape index (κ1) is 13.7. The fourth-order valence-corrected chi connectivity index (χ4v) is 3.28. The van der Waals surface area contributed by atoms with Crippen molar-refractivity contribution in [1.82, 2.24) is 5.32 Å². The van der Waals surface area contributed by atoms with Gasteiger partial charge in [0.15, 0.2) is 0 Å². The van der Waals surface area contributed by atoms with Crippen LogP contribution in [-0.4, -0.2) is 6.04 Å². The Bertz CT molecular complexity index is 575. The molecule has 1 N–H and O–H groups in total. The Hall–Kier alpha value is -1.25. The zero-order chi connectivity index (χ0) is 13.8. The van der Waals surface area contributed by atoms with E-state index in [9.17, 15) is 0 Å². The van der Waals surface area contributed by atoms with Crippen LogP contribution in [0.1, 0.15) is 29.5 Å². The minimum absolute atomic E-state index is 0.776. The van der Waals surface area contributed by atoms with E-state index in [-0.39, 0.29) is 0 Å². The number of rotatable bonds is 6. The van der Waals surface area contributed by atoms with Crippen molar-refractivity contribution in [3.63, 3.8) is 0 Å². The maximum atomic E-state index is 3.57. The van der Waals surface area contributed by atoms with Crippen LogP contribution < -0.4 is 5.32 Å².